The van der Waals surface area contributed by atoms with Crippen molar-refractivity contribution in [2.75, 3.05) is 19.7 Å². The maximum atomic E-state index is 5.45. The summed E-state index contributed by atoms with van der Waals surface area (Å²) >= 11 is 0. The lowest BCUT2D eigenvalue weighted by molar-refractivity contribution is 0.0757. The molecule has 0 fully saturated rings. The van der Waals surface area contributed by atoms with Gasteiger partial charge < -0.3 is 10.1 Å². The van der Waals surface area contributed by atoms with Gasteiger partial charge >= 0.3 is 0 Å². The molecule has 0 heterocycles. The summed E-state index contributed by atoms with van der Waals surface area (Å²) in [7, 11) is 0. The number of nitrogens with one attached hydrogen (secondary N) is 1. The predicted molar refractivity (Wildman–Crippen MR) is 58.1 cm³/mol. The van der Waals surface area contributed by atoms with E-state index in [1.165, 1.54) is 32.2 Å². The quantitative estimate of drug-likeness (QED) is 0.560. The van der Waals surface area contributed by atoms with Crippen LogP contribution in [0, 0.1) is 0 Å². The van der Waals surface area contributed by atoms with Gasteiger partial charge in [0.15, 0.2) is 0 Å². The summed E-state index contributed by atoms with van der Waals surface area (Å²) in [5, 5.41) is 3.33. The lowest BCUT2D eigenvalue weighted by Crippen LogP contribution is -2.13. The highest BCUT2D eigenvalue weighted by Crippen LogP contribution is 2.00. The third kappa shape index (κ3) is 11.9. The minimum atomic E-state index is 0.391. The molecule has 0 aliphatic rings. The number of hydrogen-bond acceptors (Lipinski definition) is 2. The molecule has 0 saturated carbocycles. The maximum absolute atomic E-state index is 5.45. The third-order valence-corrected chi connectivity index (χ3v) is 1.95. The smallest absolute Gasteiger partial charge is 0.0518 e. The molecular weight excluding hydrogens is 162 g/mol. The van der Waals surface area contributed by atoms with Gasteiger partial charge in [-0.15, -0.1) is 0 Å². The normalized spacial score (nSPS) is 11.1. The van der Waals surface area contributed by atoms with Crippen molar-refractivity contribution >= 4 is 0 Å². The van der Waals surface area contributed by atoms with E-state index in [-0.39, 0.29) is 0 Å². The van der Waals surface area contributed by atoms with Gasteiger partial charge in [-0.3, -0.25) is 0 Å². The molecule has 80 valence electrons. The number of rotatable bonds is 9. The molecule has 0 saturated heterocycles. The van der Waals surface area contributed by atoms with Crippen LogP contribution in [0.25, 0.3) is 0 Å². The van der Waals surface area contributed by atoms with Gasteiger partial charge in [0, 0.05) is 6.61 Å². The van der Waals surface area contributed by atoms with E-state index in [1.807, 2.05) is 0 Å². The first-order chi connectivity index (χ1) is 6.27. The lowest BCUT2D eigenvalue weighted by Gasteiger charge is -2.06. The van der Waals surface area contributed by atoms with E-state index < -0.39 is 0 Å². The third-order valence-electron chi connectivity index (χ3n) is 1.95. The monoisotopic (exact) mass is 187 g/mol. The maximum Gasteiger partial charge on any atom is 0.0518 e. The van der Waals surface area contributed by atoms with Crippen LogP contribution in [-0.2, 0) is 4.74 Å². The Morgan fingerprint density at radius 1 is 1.08 bits per heavy atom. The van der Waals surface area contributed by atoms with Crippen LogP contribution in [0.1, 0.15) is 46.5 Å². The zero-order chi connectivity index (χ0) is 9.94. The van der Waals surface area contributed by atoms with Crippen molar-refractivity contribution in [2.24, 2.45) is 0 Å². The van der Waals surface area contributed by atoms with Gasteiger partial charge in [-0.1, -0.05) is 19.8 Å². The highest BCUT2D eigenvalue weighted by Gasteiger charge is 1.93. The molecule has 13 heavy (non-hydrogen) atoms. The van der Waals surface area contributed by atoms with Crippen LogP contribution >= 0.6 is 0 Å². The summed E-state index contributed by atoms with van der Waals surface area (Å²) in [6.45, 7) is 9.52. The summed E-state index contributed by atoms with van der Waals surface area (Å²) in [6.07, 6.45) is 5.54. The number of ether oxygens (including phenoxy) is 1. The molecule has 2 heteroatoms. The second-order valence-electron chi connectivity index (χ2n) is 3.69. The van der Waals surface area contributed by atoms with Gasteiger partial charge in [0.05, 0.1) is 6.10 Å². The van der Waals surface area contributed by atoms with Gasteiger partial charge in [-0.05, 0) is 39.8 Å². The minimum Gasteiger partial charge on any atom is -0.379 e. The Labute approximate surface area is 83.1 Å². The van der Waals surface area contributed by atoms with Gasteiger partial charge in [0.25, 0.3) is 0 Å². The van der Waals surface area contributed by atoms with E-state index in [0.717, 1.165) is 13.2 Å². The molecule has 0 aliphatic carbocycles. The SMILES string of the molecule is CCNCCCCCCOC(C)C. The topological polar surface area (TPSA) is 21.3 Å². The number of unbranched alkanes of at least 4 members (excludes halogenated alkanes) is 3. The van der Waals surface area contributed by atoms with E-state index in [4.69, 9.17) is 4.74 Å². The largest absolute Gasteiger partial charge is 0.379 e. The Morgan fingerprint density at radius 3 is 2.38 bits per heavy atom. The molecule has 0 aromatic rings. The molecule has 0 radical (unpaired) electrons. The highest BCUT2D eigenvalue weighted by molar-refractivity contribution is 4.47. The van der Waals surface area contributed by atoms with Crippen LogP contribution in [-0.4, -0.2) is 25.8 Å². The highest BCUT2D eigenvalue weighted by atomic mass is 16.5. The summed E-state index contributed by atoms with van der Waals surface area (Å²) in [6, 6.07) is 0. The van der Waals surface area contributed by atoms with Crippen LogP contribution in [0.15, 0.2) is 0 Å². The standard InChI is InChI=1S/C11H25NO/c1-4-12-9-7-5-6-8-10-13-11(2)3/h11-12H,4-10H2,1-3H3. The van der Waals surface area contributed by atoms with E-state index in [2.05, 4.69) is 26.1 Å². The van der Waals surface area contributed by atoms with Gasteiger partial charge in [-0.25, -0.2) is 0 Å². The van der Waals surface area contributed by atoms with Gasteiger partial charge in [-0.2, -0.15) is 0 Å². The van der Waals surface area contributed by atoms with Crippen LogP contribution in [0.3, 0.4) is 0 Å². The van der Waals surface area contributed by atoms with E-state index in [9.17, 15) is 0 Å². The molecule has 0 aliphatic heterocycles. The average molecular weight is 187 g/mol. The van der Waals surface area contributed by atoms with Crippen LogP contribution in [0.4, 0.5) is 0 Å². The molecule has 0 atom stereocenters. The Bertz CT molecular complexity index is 94.1. The zero-order valence-electron chi connectivity index (χ0n) is 9.44. The van der Waals surface area contributed by atoms with Gasteiger partial charge in [0.1, 0.15) is 0 Å². The summed E-state index contributed by atoms with van der Waals surface area (Å²) in [4.78, 5) is 0. The first-order valence-electron chi connectivity index (χ1n) is 5.59. The van der Waals surface area contributed by atoms with Crippen molar-refractivity contribution in [3.05, 3.63) is 0 Å². The van der Waals surface area contributed by atoms with Crippen molar-refractivity contribution in [1.82, 2.24) is 5.32 Å². The second kappa shape index (κ2) is 10.0. The van der Waals surface area contributed by atoms with Crippen molar-refractivity contribution in [2.45, 2.75) is 52.6 Å². The Balaban J connectivity index is 2.84. The molecule has 0 amide bonds. The molecule has 0 bridgehead atoms. The van der Waals surface area contributed by atoms with Crippen molar-refractivity contribution < 1.29 is 4.74 Å². The van der Waals surface area contributed by atoms with Gasteiger partial charge in [0.2, 0.25) is 0 Å². The Morgan fingerprint density at radius 2 is 1.77 bits per heavy atom. The summed E-state index contributed by atoms with van der Waals surface area (Å²) < 4.78 is 5.45. The molecule has 0 rings (SSSR count). The van der Waals surface area contributed by atoms with Crippen LogP contribution in [0.5, 0.6) is 0 Å². The predicted octanol–water partition coefficient (Wildman–Crippen LogP) is 2.58. The lowest BCUT2D eigenvalue weighted by atomic mass is 10.2. The first-order valence-corrected chi connectivity index (χ1v) is 5.59. The fourth-order valence-electron chi connectivity index (χ4n) is 1.20. The molecular formula is C11H25NO. The molecule has 0 aromatic heterocycles. The molecule has 0 unspecified atom stereocenters. The van der Waals surface area contributed by atoms with Crippen molar-refractivity contribution in [3.8, 4) is 0 Å². The summed E-state index contributed by atoms with van der Waals surface area (Å²) in [5.41, 5.74) is 0. The van der Waals surface area contributed by atoms with Crippen LogP contribution in [0.2, 0.25) is 0 Å². The molecule has 2 nitrogen and oxygen atoms in total. The van der Waals surface area contributed by atoms with Crippen molar-refractivity contribution in [3.63, 3.8) is 0 Å². The minimum absolute atomic E-state index is 0.391. The van der Waals surface area contributed by atoms with E-state index in [1.54, 1.807) is 0 Å². The zero-order valence-corrected chi connectivity index (χ0v) is 9.44. The average Bonchev–Trinajstić information content (AvgIpc) is 2.09. The second-order valence-corrected chi connectivity index (χ2v) is 3.69. The van der Waals surface area contributed by atoms with E-state index >= 15 is 0 Å². The molecule has 1 N–H and O–H groups in total. The number of hydrogen-bond donors (Lipinski definition) is 1. The fourth-order valence-corrected chi connectivity index (χ4v) is 1.20. The summed E-state index contributed by atoms with van der Waals surface area (Å²) in [5.74, 6) is 0. The Hall–Kier alpha value is -0.0800. The van der Waals surface area contributed by atoms with Crippen molar-refractivity contribution in [1.29, 1.82) is 0 Å². The fraction of sp³-hybridized carbons (Fsp3) is 1.00. The van der Waals surface area contributed by atoms with E-state index in [0.29, 0.717) is 6.10 Å². The molecule has 0 aromatic carbocycles. The molecule has 0 spiro atoms. The first kappa shape index (κ1) is 12.9. The van der Waals surface area contributed by atoms with Crippen LogP contribution < -0.4 is 5.32 Å². The Kier molecular flexibility index (Phi) is 9.94.